The molecule has 0 amide bonds. The van der Waals surface area contributed by atoms with Crippen molar-refractivity contribution >= 4 is 21.0 Å². The zero-order valence-electron chi connectivity index (χ0n) is 22.3. The van der Waals surface area contributed by atoms with Gasteiger partial charge in [-0.2, -0.15) is 52.7 Å². The summed E-state index contributed by atoms with van der Waals surface area (Å²) in [5.74, 6) is -4.66. The minimum Gasteiger partial charge on any atom is -0.748 e. The van der Waals surface area contributed by atoms with Crippen molar-refractivity contribution in [2.75, 3.05) is 12.4 Å². The molecule has 0 aliphatic rings. The van der Waals surface area contributed by atoms with Gasteiger partial charge in [-0.05, 0) is 60.7 Å². The molecule has 46 heavy (non-hydrogen) atoms. The smallest absolute Gasteiger partial charge is 0.438 e. The van der Waals surface area contributed by atoms with Gasteiger partial charge in [-0.1, -0.05) is 18.2 Å². The molecule has 0 radical (unpaired) electrons. The fourth-order valence-corrected chi connectivity index (χ4v) is 6.66. The van der Waals surface area contributed by atoms with E-state index in [1.807, 2.05) is 0 Å². The molecule has 0 aromatic heterocycles. The van der Waals surface area contributed by atoms with Crippen LogP contribution in [0.2, 0.25) is 0 Å². The number of halogens is 12. The third-order valence-electron chi connectivity index (χ3n) is 6.07. The molecule has 0 aliphatic carbocycles. The quantitative estimate of drug-likeness (QED) is 0.141. The minimum atomic E-state index is -6.41. The van der Waals surface area contributed by atoms with Gasteiger partial charge >= 0.3 is 30.3 Å². The van der Waals surface area contributed by atoms with Crippen LogP contribution >= 0.6 is 0 Å². The van der Waals surface area contributed by atoms with E-state index in [4.69, 9.17) is 0 Å². The van der Waals surface area contributed by atoms with Gasteiger partial charge in [0.15, 0.2) is 14.7 Å². The first-order valence-corrected chi connectivity index (χ1v) is 14.9. The van der Waals surface area contributed by atoms with Crippen molar-refractivity contribution in [1.82, 2.24) is 0 Å². The van der Waals surface area contributed by atoms with Crippen molar-refractivity contribution in [3.8, 4) is 11.5 Å². The summed E-state index contributed by atoms with van der Waals surface area (Å²) in [7, 11) is -7.41. The van der Waals surface area contributed by atoms with Crippen molar-refractivity contribution in [1.29, 1.82) is 0 Å². The molecule has 0 heterocycles. The summed E-state index contributed by atoms with van der Waals surface area (Å²) < 4.78 is 201. The molecule has 20 heteroatoms. The van der Waals surface area contributed by atoms with Gasteiger partial charge in [-0.25, -0.2) is 8.42 Å². The first-order chi connectivity index (χ1) is 20.8. The lowest BCUT2D eigenvalue weighted by Crippen LogP contribution is -2.64. The highest BCUT2D eigenvalue weighted by molar-refractivity contribution is 7.97. The topological polar surface area (TPSA) is 95.9 Å². The molecule has 0 aliphatic heterocycles. The van der Waals surface area contributed by atoms with Crippen molar-refractivity contribution in [2.24, 2.45) is 0 Å². The van der Waals surface area contributed by atoms with E-state index in [1.165, 1.54) is 12.1 Å². The number of rotatable bonds is 10. The van der Waals surface area contributed by atoms with Crippen molar-refractivity contribution in [2.45, 2.75) is 50.6 Å². The van der Waals surface area contributed by atoms with E-state index in [1.54, 1.807) is 30.3 Å². The summed E-state index contributed by atoms with van der Waals surface area (Å²) in [6, 6.07) is 15.5. The van der Waals surface area contributed by atoms with Gasteiger partial charge in [-0.15, -0.1) is 0 Å². The molecule has 1 unspecified atom stereocenters. The summed E-state index contributed by atoms with van der Waals surface area (Å²) in [5.41, 5.74) is -10.6. The van der Waals surface area contributed by atoms with Gasteiger partial charge < -0.3 is 19.1 Å². The molecule has 1 N–H and O–H groups in total. The fourth-order valence-electron chi connectivity index (χ4n) is 3.71. The zero-order valence-corrected chi connectivity index (χ0v) is 23.9. The average molecular weight is 719 g/mol. The van der Waals surface area contributed by atoms with Gasteiger partial charge in [0.2, 0.25) is 0 Å². The number of alkyl halides is 12. The molecule has 3 rings (SSSR count). The van der Waals surface area contributed by atoms with Crippen LogP contribution in [0.4, 0.5) is 52.7 Å². The van der Waals surface area contributed by atoms with Gasteiger partial charge in [-0.3, -0.25) is 0 Å². The Kier molecular flexibility index (Phi) is 10.2. The van der Waals surface area contributed by atoms with Crippen LogP contribution in [0.1, 0.15) is 0 Å². The lowest BCUT2D eigenvalue weighted by Gasteiger charge is -2.37. The molecule has 0 fully saturated rings. The van der Waals surface area contributed by atoms with Crippen LogP contribution in [0.15, 0.2) is 93.5 Å². The Hall–Kier alpha value is -3.36. The third-order valence-corrected chi connectivity index (χ3v) is 9.06. The van der Waals surface area contributed by atoms with E-state index in [0.29, 0.717) is 17.0 Å². The molecule has 0 bridgehead atoms. The van der Waals surface area contributed by atoms with Crippen molar-refractivity contribution in [3.63, 3.8) is 0 Å². The molecule has 254 valence electrons. The van der Waals surface area contributed by atoms with Crippen LogP contribution < -0.4 is 9.47 Å². The number of hydrogen-bond donors (Lipinski definition) is 1. The Balaban J connectivity index is 1.98. The van der Waals surface area contributed by atoms with Crippen LogP contribution in [-0.4, -0.2) is 66.3 Å². The second-order valence-electron chi connectivity index (χ2n) is 9.33. The maximum atomic E-state index is 13.6. The molecule has 0 spiro atoms. The van der Waals surface area contributed by atoms with Crippen LogP contribution in [0, 0.1) is 0 Å². The number of ether oxygens (including phenoxy) is 2. The second kappa shape index (κ2) is 12.7. The third kappa shape index (κ3) is 7.95. The molecule has 0 saturated carbocycles. The number of hydrogen-bond acceptors (Lipinski definition) is 6. The Morgan fingerprint density at radius 3 is 1.37 bits per heavy atom. The molecule has 6 nitrogen and oxygen atoms in total. The summed E-state index contributed by atoms with van der Waals surface area (Å²) in [6.45, 7) is -2.24. The fraction of sp³-hybridized carbons (Fsp3) is 0.308. The molecule has 0 saturated heterocycles. The zero-order chi connectivity index (χ0) is 35.0. The Labute approximate surface area is 254 Å². The van der Waals surface area contributed by atoms with Gasteiger partial charge in [0.05, 0.1) is 26.8 Å². The molecule has 1 atom stereocenters. The van der Waals surface area contributed by atoms with E-state index in [9.17, 15) is 70.8 Å². The normalized spacial score (nSPS) is 14.6. The standard InChI is InChI=1S/C26H18F12O6S2/c27-23(28,29)21(39,24(30,31)32)14-43-16-6-10-19(11-7-16)45(18-4-2-1-3-5-18)20-12-8-17(9-13-20)44-22(25(33,34)35,26(36,37)38)15-46(40,41)42/h1-13,39H,14-15H2. The van der Waals surface area contributed by atoms with Crippen LogP contribution in [0.25, 0.3) is 0 Å². The van der Waals surface area contributed by atoms with E-state index < -0.39 is 80.8 Å². The summed E-state index contributed by atoms with van der Waals surface area (Å²) in [4.78, 5) is 0.953. The maximum Gasteiger partial charge on any atom is 0.438 e. The molecule has 3 aromatic carbocycles. The first kappa shape index (κ1) is 37.1. The summed E-state index contributed by atoms with van der Waals surface area (Å²) >= 11 is 0. The van der Waals surface area contributed by atoms with Gasteiger partial charge in [0, 0.05) is 0 Å². The highest BCUT2D eigenvalue weighted by Gasteiger charge is 2.74. The van der Waals surface area contributed by atoms with E-state index in [0.717, 1.165) is 24.3 Å². The largest absolute Gasteiger partial charge is 0.748 e. The average Bonchev–Trinajstić information content (AvgIpc) is 2.90. The predicted octanol–water partition coefficient (Wildman–Crippen LogP) is 6.80. The maximum absolute atomic E-state index is 13.6. The minimum absolute atomic E-state index is 0.191. The first-order valence-electron chi connectivity index (χ1n) is 12.1. The lowest BCUT2D eigenvalue weighted by molar-refractivity contribution is -0.373. The highest BCUT2D eigenvalue weighted by Crippen LogP contribution is 2.47. The summed E-state index contributed by atoms with van der Waals surface area (Å²) in [6.07, 6.45) is -25.1. The molecule has 3 aromatic rings. The van der Waals surface area contributed by atoms with Crippen LogP contribution in [0.3, 0.4) is 0 Å². The van der Waals surface area contributed by atoms with Crippen LogP contribution in [0.5, 0.6) is 11.5 Å². The molecular formula is C26H18F12O6S2. The Bertz CT molecular complexity index is 1540. The highest BCUT2D eigenvalue weighted by atomic mass is 32.2. The van der Waals surface area contributed by atoms with Crippen LogP contribution in [-0.2, 0) is 21.0 Å². The lowest BCUT2D eigenvalue weighted by atomic mass is 10.0. The van der Waals surface area contributed by atoms with Gasteiger partial charge in [0.25, 0.3) is 5.60 Å². The van der Waals surface area contributed by atoms with E-state index >= 15 is 0 Å². The van der Waals surface area contributed by atoms with Crippen molar-refractivity contribution < 1.29 is 80.2 Å². The van der Waals surface area contributed by atoms with Gasteiger partial charge in [0.1, 0.15) is 18.1 Å². The Morgan fingerprint density at radius 2 is 1.00 bits per heavy atom. The Morgan fingerprint density at radius 1 is 0.609 bits per heavy atom. The van der Waals surface area contributed by atoms with E-state index in [-0.39, 0.29) is 9.79 Å². The predicted molar refractivity (Wildman–Crippen MR) is 134 cm³/mol. The van der Waals surface area contributed by atoms with Crippen molar-refractivity contribution in [3.05, 3.63) is 78.9 Å². The molecular weight excluding hydrogens is 700 g/mol. The monoisotopic (exact) mass is 718 g/mol. The SMILES string of the molecule is O=S(=O)([O-])CC(Oc1ccc([S+](c2ccccc2)c2ccc(OCC(O)(C(F)(F)F)C(F)(F)F)cc2)cc1)(C(F)(F)F)C(F)(F)F. The second-order valence-corrected chi connectivity index (χ2v) is 12.8. The number of aliphatic hydroxyl groups is 1. The summed E-state index contributed by atoms with van der Waals surface area (Å²) in [5, 5.41) is 9.27. The van der Waals surface area contributed by atoms with E-state index in [2.05, 4.69) is 9.47 Å². The number of benzene rings is 3.